The first kappa shape index (κ1) is 16.0. The van der Waals surface area contributed by atoms with Gasteiger partial charge < -0.3 is 14.7 Å². The molecule has 2 atom stereocenters. The number of hydrogen-bond donors (Lipinski definition) is 1. The van der Waals surface area contributed by atoms with Crippen LogP contribution >= 0.6 is 0 Å². The maximum absolute atomic E-state index is 12.6. The van der Waals surface area contributed by atoms with Crippen molar-refractivity contribution in [2.24, 2.45) is 0 Å². The average molecular weight is 317 g/mol. The van der Waals surface area contributed by atoms with Gasteiger partial charge in [0.25, 0.3) is 0 Å². The van der Waals surface area contributed by atoms with Crippen LogP contribution in [0.15, 0.2) is 24.3 Å². The fourth-order valence-electron chi connectivity index (χ4n) is 3.67. The molecule has 0 spiro atoms. The number of fused-ring (bicyclic) bond motifs is 1. The van der Waals surface area contributed by atoms with E-state index >= 15 is 0 Å². The van der Waals surface area contributed by atoms with Gasteiger partial charge in [-0.25, -0.2) is 0 Å². The maximum atomic E-state index is 12.6. The summed E-state index contributed by atoms with van der Waals surface area (Å²) in [6.45, 7) is 1.37. The summed E-state index contributed by atoms with van der Waals surface area (Å²) in [5, 5.41) is 8.88. The number of carboxylic acids is 1. The number of carbonyl (C=O) groups is 2. The van der Waals surface area contributed by atoms with Gasteiger partial charge >= 0.3 is 5.97 Å². The monoisotopic (exact) mass is 317 g/mol. The quantitative estimate of drug-likeness (QED) is 0.924. The summed E-state index contributed by atoms with van der Waals surface area (Å²) in [5.41, 5.74) is 2.67. The molecule has 3 rings (SSSR count). The van der Waals surface area contributed by atoms with Crippen molar-refractivity contribution in [3.05, 3.63) is 35.4 Å². The Hall–Kier alpha value is -1.88. The van der Waals surface area contributed by atoms with E-state index in [1.807, 2.05) is 6.07 Å². The van der Waals surface area contributed by atoms with E-state index in [1.54, 1.807) is 4.90 Å². The Kier molecular flexibility index (Phi) is 4.96. The van der Waals surface area contributed by atoms with E-state index in [-0.39, 0.29) is 24.3 Å². The topological polar surface area (TPSA) is 66.8 Å². The van der Waals surface area contributed by atoms with E-state index in [2.05, 4.69) is 18.2 Å². The summed E-state index contributed by atoms with van der Waals surface area (Å²) in [6.07, 6.45) is 3.35. The molecule has 0 radical (unpaired) electrons. The van der Waals surface area contributed by atoms with Crippen LogP contribution in [0.25, 0.3) is 0 Å². The third-order valence-electron chi connectivity index (χ3n) is 4.81. The van der Waals surface area contributed by atoms with E-state index in [0.717, 1.165) is 19.3 Å². The zero-order chi connectivity index (χ0) is 16.2. The van der Waals surface area contributed by atoms with E-state index in [1.165, 1.54) is 11.1 Å². The molecule has 5 nitrogen and oxygen atoms in total. The summed E-state index contributed by atoms with van der Waals surface area (Å²) < 4.78 is 5.44. The number of hydrogen-bond acceptors (Lipinski definition) is 3. The minimum absolute atomic E-state index is 0.0456. The molecule has 23 heavy (non-hydrogen) atoms. The molecular formula is C18H23NO4. The number of aliphatic carboxylic acids is 1. The highest BCUT2D eigenvalue weighted by Gasteiger charge is 2.29. The molecule has 2 aliphatic rings. The minimum Gasteiger partial charge on any atom is -0.481 e. The number of aryl methyl sites for hydroxylation is 1. The Balaban J connectivity index is 1.62. The van der Waals surface area contributed by atoms with Gasteiger partial charge in [-0.3, -0.25) is 9.59 Å². The van der Waals surface area contributed by atoms with Crippen molar-refractivity contribution >= 4 is 11.9 Å². The van der Waals surface area contributed by atoms with Crippen LogP contribution in [0.1, 0.15) is 42.7 Å². The standard InChI is InChI=1S/C18H23NO4/c20-17(19-8-9-23-15(12-19)11-18(21)22)10-14-6-3-5-13-4-1-2-7-16(13)14/h1-2,4,7,14-15H,3,5-6,8-12H2,(H,21,22)/t14-,15-/m0/s1. The molecule has 0 unspecified atom stereocenters. The Morgan fingerprint density at radius 2 is 2.09 bits per heavy atom. The maximum Gasteiger partial charge on any atom is 0.306 e. The molecule has 0 bridgehead atoms. The van der Waals surface area contributed by atoms with Crippen LogP contribution in [0.2, 0.25) is 0 Å². The van der Waals surface area contributed by atoms with Crippen molar-refractivity contribution in [2.45, 2.75) is 44.1 Å². The molecule has 1 amide bonds. The van der Waals surface area contributed by atoms with Gasteiger partial charge in [-0.05, 0) is 36.3 Å². The van der Waals surface area contributed by atoms with Gasteiger partial charge in [-0.1, -0.05) is 24.3 Å². The van der Waals surface area contributed by atoms with Crippen LogP contribution in [-0.4, -0.2) is 47.7 Å². The first-order chi connectivity index (χ1) is 11.1. The average Bonchev–Trinajstić information content (AvgIpc) is 2.55. The van der Waals surface area contributed by atoms with E-state index in [9.17, 15) is 9.59 Å². The SMILES string of the molecule is O=C(O)C[C@H]1CN(C(=O)C[C@@H]2CCCc3ccccc32)CCO1. The van der Waals surface area contributed by atoms with E-state index < -0.39 is 5.97 Å². The highest BCUT2D eigenvalue weighted by atomic mass is 16.5. The van der Waals surface area contributed by atoms with Crippen molar-refractivity contribution in [2.75, 3.05) is 19.7 Å². The van der Waals surface area contributed by atoms with E-state index in [4.69, 9.17) is 9.84 Å². The fourth-order valence-corrected chi connectivity index (χ4v) is 3.67. The molecule has 1 heterocycles. The predicted molar refractivity (Wildman–Crippen MR) is 85.3 cm³/mol. The molecule has 0 aromatic heterocycles. The van der Waals surface area contributed by atoms with Crippen LogP contribution in [0.4, 0.5) is 0 Å². The lowest BCUT2D eigenvalue weighted by Gasteiger charge is -2.34. The second kappa shape index (κ2) is 7.13. The van der Waals surface area contributed by atoms with Crippen molar-refractivity contribution in [3.63, 3.8) is 0 Å². The summed E-state index contributed by atoms with van der Waals surface area (Å²) in [4.78, 5) is 25.2. The first-order valence-corrected chi connectivity index (χ1v) is 8.32. The number of benzene rings is 1. The lowest BCUT2D eigenvalue weighted by atomic mass is 9.81. The molecule has 1 aliphatic carbocycles. The summed E-state index contributed by atoms with van der Waals surface area (Å²) in [7, 11) is 0. The molecule has 1 N–H and O–H groups in total. The van der Waals surface area contributed by atoms with Crippen molar-refractivity contribution in [1.29, 1.82) is 0 Å². The number of rotatable bonds is 4. The molecule has 1 fully saturated rings. The third-order valence-corrected chi connectivity index (χ3v) is 4.81. The summed E-state index contributed by atoms with van der Waals surface area (Å²) in [5.74, 6) is -0.482. The van der Waals surface area contributed by atoms with Crippen LogP contribution in [0.5, 0.6) is 0 Å². The van der Waals surface area contributed by atoms with Crippen molar-refractivity contribution in [1.82, 2.24) is 4.90 Å². The lowest BCUT2D eigenvalue weighted by molar-refractivity contribution is -0.147. The van der Waals surface area contributed by atoms with Gasteiger partial charge in [0.1, 0.15) is 0 Å². The second-order valence-electron chi connectivity index (χ2n) is 6.42. The van der Waals surface area contributed by atoms with Gasteiger partial charge in [-0.15, -0.1) is 0 Å². The van der Waals surface area contributed by atoms with Crippen molar-refractivity contribution in [3.8, 4) is 0 Å². The minimum atomic E-state index is -0.884. The Morgan fingerprint density at radius 3 is 2.91 bits per heavy atom. The number of amides is 1. The Bertz CT molecular complexity index is 586. The summed E-state index contributed by atoms with van der Waals surface area (Å²) >= 11 is 0. The zero-order valence-electron chi connectivity index (χ0n) is 13.2. The predicted octanol–water partition coefficient (Wildman–Crippen LogP) is 2.20. The number of nitrogens with zero attached hydrogens (tertiary/aromatic N) is 1. The number of carboxylic acid groups (broad SMARTS) is 1. The smallest absolute Gasteiger partial charge is 0.306 e. The molecule has 0 saturated carbocycles. The molecule has 124 valence electrons. The Labute approximate surface area is 136 Å². The van der Waals surface area contributed by atoms with Gasteiger partial charge in [-0.2, -0.15) is 0 Å². The third kappa shape index (κ3) is 3.91. The molecule has 5 heteroatoms. The van der Waals surface area contributed by atoms with Gasteiger partial charge in [0.05, 0.1) is 19.1 Å². The van der Waals surface area contributed by atoms with Crippen LogP contribution in [0, 0.1) is 0 Å². The van der Waals surface area contributed by atoms with Gasteiger partial charge in [0.15, 0.2) is 0 Å². The van der Waals surface area contributed by atoms with Gasteiger partial charge in [0.2, 0.25) is 5.91 Å². The van der Waals surface area contributed by atoms with E-state index in [0.29, 0.717) is 26.1 Å². The molecule has 1 aliphatic heterocycles. The molecule has 1 saturated heterocycles. The number of carbonyl (C=O) groups excluding carboxylic acids is 1. The van der Waals surface area contributed by atoms with Gasteiger partial charge in [0, 0.05) is 19.5 Å². The molecule has 1 aromatic rings. The highest BCUT2D eigenvalue weighted by molar-refractivity contribution is 5.77. The molecule has 1 aromatic carbocycles. The fraction of sp³-hybridized carbons (Fsp3) is 0.556. The Morgan fingerprint density at radius 1 is 1.26 bits per heavy atom. The number of ether oxygens (including phenoxy) is 1. The normalized spacial score (nSPS) is 24.1. The molecular weight excluding hydrogens is 294 g/mol. The summed E-state index contributed by atoms with van der Waals surface area (Å²) in [6, 6.07) is 8.39. The van der Waals surface area contributed by atoms with Crippen LogP contribution in [0.3, 0.4) is 0 Å². The lowest BCUT2D eigenvalue weighted by Crippen LogP contribution is -2.46. The van der Waals surface area contributed by atoms with Crippen LogP contribution in [-0.2, 0) is 20.7 Å². The van der Waals surface area contributed by atoms with Crippen molar-refractivity contribution < 1.29 is 19.4 Å². The number of morpholine rings is 1. The zero-order valence-corrected chi connectivity index (χ0v) is 13.2. The van der Waals surface area contributed by atoms with Crippen LogP contribution < -0.4 is 0 Å². The second-order valence-corrected chi connectivity index (χ2v) is 6.42. The largest absolute Gasteiger partial charge is 0.481 e. The highest BCUT2D eigenvalue weighted by Crippen LogP contribution is 2.34. The first-order valence-electron chi connectivity index (χ1n) is 8.32.